The number of aromatic nitrogens is 2. The van der Waals surface area contributed by atoms with Gasteiger partial charge in [0.1, 0.15) is 0 Å². The van der Waals surface area contributed by atoms with Gasteiger partial charge in [0.15, 0.2) is 11.3 Å². The molecule has 1 N–H and O–H groups in total. The van der Waals surface area contributed by atoms with Gasteiger partial charge in [-0.25, -0.2) is 9.97 Å². The molecule has 0 bridgehead atoms. The average molecular weight is 418 g/mol. The van der Waals surface area contributed by atoms with Gasteiger partial charge >= 0.3 is 5.97 Å². The highest BCUT2D eigenvalue weighted by Crippen LogP contribution is 2.18. The minimum absolute atomic E-state index is 0.0809. The molecule has 10 heteroatoms. The summed E-state index contributed by atoms with van der Waals surface area (Å²) < 4.78 is 5.19. The third-order valence-electron chi connectivity index (χ3n) is 4.18. The fourth-order valence-electron chi connectivity index (χ4n) is 2.61. The maximum Gasteiger partial charge on any atom is 0.306 e. The zero-order valence-corrected chi connectivity index (χ0v) is 17.4. The number of nitrogens with zero attached hydrogens (tertiary/aromatic N) is 3. The van der Waals surface area contributed by atoms with Crippen LogP contribution in [0.3, 0.4) is 0 Å². The monoisotopic (exact) mass is 418 g/mol. The van der Waals surface area contributed by atoms with E-state index in [1.807, 2.05) is 20.1 Å². The molecule has 0 radical (unpaired) electrons. The van der Waals surface area contributed by atoms with Crippen LogP contribution in [0.2, 0.25) is 0 Å². The zero-order chi connectivity index (χ0) is 21.6. The summed E-state index contributed by atoms with van der Waals surface area (Å²) in [6.07, 6.45) is 1.41. The van der Waals surface area contributed by atoms with Gasteiger partial charge in [0, 0.05) is 35.6 Å². The summed E-state index contributed by atoms with van der Waals surface area (Å²) in [5, 5.41) is 13.9. The molecule has 1 unspecified atom stereocenters. The Kier molecular flexibility index (Phi) is 7.66. The van der Waals surface area contributed by atoms with Crippen molar-refractivity contribution in [3.05, 3.63) is 51.3 Å². The molecule has 0 aliphatic carbocycles. The number of carbonyl (C=O) groups excluding carboxylic acids is 2. The second kappa shape index (κ2) is 9.97. The number of esters is 1. The van der Waals surface area contributed by atoms with E-state index in [2.05, 4.69) is 15.3 Å². The molecule has 9 nitrogen and oxygen atoms in total. The summed E-state index contributed by atoms with van der Waals surface area (Å²) >= 11 is 1.45. The molecule has 0 spiro atoms. The number of carbonyl (C=O) groups is 2. The van der Waals surface area contributed by atoms with E-state index < -0.39 is 22.9 Å². The molecule has 0 fully saturated rings. The summed E-state index contributed by atoms with van der Waals surface area (Å²) in [6, 6.07) is 5.38. The van der Waals surface area contributed by atoms with Crippen LogP contribution in [0.4, 0.5) is 11.4 Å². The number of nitro groups is 1. The summed E-state index contributed by atoms with van der Waals surface area (Å²) in [5.74, 6) is -1.03. The lowest BCUT2D eigenvalue weighted by Gasteiger charge is -2.14. The van der Waals surface area contributed by atoms with Gasteiger partial charge in [-0.2, -0.15) is 0 Å². The van der Waals surface area contributed by atoms with Gasteiger partial charge < -0.3 is 10.1 Å². The van der Waals surface area contributed by atoms with E-state index in [1.165, 1.54) is 43.0 Å². The van der Waals surface area contributed by atoms with Crippen LogP contribution in [-0.4, -0.2) is 39.1 Å². The number of anilines is 1. The Morgan fingerprint density at radius 3 is 2.31 bits per heavy atom. The standard InChI is InChI=1S/C19H22N4O5S/c1-11-16(12(2)21-19(20-11)29-4)9-10-17(24)28-13(3)18(25)22-14-5-7-15(8-6-14)23(26)27/h5-8,13H,9-10H2,1-4H3,(H,22,25). The molecule has 2 rings (SSSR count). The largest absolute Gasteiger partial charge is 0.453 e. The highest BCUT2D eigenvalue weighted by atomic mass is 32.2. The fraction of sp³-hybridized carbons (Fsp3) is 0.368. The number of thioether (sulfide) groups is 1. The van der Waals surface area contributed by atoms with E-state index in [4.69, 9.17) is 4.74 Å². The number of hydrogen-bond acceptors (Lipinski definition) is 8. The minimum atomic E-state index is -1.00. The first-order valence-corrected chi connectivity index (χ1v) is 10.1. The summed E-state index contributed by atoms with van der Waals surface area (Å²) in [4.78, 5) is 43.2. The van der Waals surface area contributed by atoms with Gasteiger partial charge in [-0.3, -0.25) is 19.7 Å². The second-order valence-corrected chi connectivity index (χ2v) is 7.06. The lowest BCUT2D eigenvalue weighted by molar-refractivity contribution is -0.384. The number of non-ortho nitro benzene ring substituents is 1. The Morgan fingerprint density at radius 1 is 1.21 bits per heavy atom. The molecule has 29 heavy (non-hydrogen) atoms. The van der Waals surface area contributed by atoms with E-state index in [0.29, 0.717) is 17.3 Å². The molecule has 1 atom stereocenters. The highest BCUT2D eigenvalue weighted by Gasteiger charge is 2.19. The summed E-state index contributed by atoms with van der Waals surface area (Å²) in [6.45, 7) is 5.20. The van der Waals surface area contributed by atoms with Crippen LogP contribution in [0, 0.1) is 24.0 Å². The lowest BCUT2D eigenvalue weighted by Crippen LogP contribution is -2.30. The van der Waals surface area contributed by atoms with Crippen molar-refractivity contribution in [1.82, 2.24) is 9.97 Å². The van der Waals surface area contributed by atoms with Crippen molar-refractivity contribution in [2.45, 2.75) is 44.9 Å². The zero-order valence-electron chi connectivity index (χ0n) is 16.6. The van der Waals surface area contributed by atoms with Gasteiger partial charge in [0.05, 0.1) is 4.92 Å². The predicted octanol–water partition coefficient (Wildman–Crippen LogP) is 3.23. The molecular weight excluding hydrogens is 396 g/mol. The number of rotatable bonds is 8. The van der Waals surface area contributed by atoms with Gasteiger partial charge in [0.25, 0.3) is 11.6 Å². The van der Waals surface area contributed by atoms with E-state index in [0.717, 1.165) is 17.0 Å². The Bertz CT molecular complexity index is 894. The topological polar surface area (TPSA) is 124 Å². The average Bonchev–Trinajstić information content (AvgIpc) is 2.67. The highest BCUT2D eigenvalue weighted by molar-refractivity contribution is 7.98. The molecule has 0 saturated heterocycles. The van der Waals surface area contributed by atoms with Gasteiger partial charge in [-0.05, 0) is 51.1 Å². The van der Waals surface area contributed by atoms with Crippen molar-refractivity contribution >= 4 is 35.0 Å². The van der Waals surface area contributed by atoms with E-state index >= 15 is 0 Å². The molecule has 154 valence electrons. The molecule has 0 saturated carbocycles. The van der Waals surface area contributed by atoms with Crippen LogP contribution in [0.15, 0.2) is 29.4 Å². The normalized spacial score (nSPS) is 11.6. The van der Waals surface area contributed by atoms with Crippen LogP contribution in [0.1, 0.15) is 30.3 Å². The Balaban J connectivity index is 1.88. The van der Waals surface area contributed by atoms with Crippen molar-refractivity contribution in [2.24, 2.45) is 0 Å². The van der Waals surface area contributed by atoms with Crippen LogP contribution in [0.25, 0.3) is 0 Å². The number of nitrogens with one attached hydrogen (secondary N) is 1. The second-order valence-electron chi connectivity index (χ2n) is 6.29. The van der Waals surface area contributed by atoms with Crippen LogP contribution in [-0.2, 0) is 20.7 Å². The smallest absolute Gasteiger partial charge is 0.306 e. The number of nitro benzene ring substituents is 1. The van der Waals surface area contributed by atoms with Crippen LogP contribution < -0.4 is 5.32 Å². The fourth-order valence-corrected chi connectivity index (χ4v) is 3.07. The Hall–Kier alpha value is -3.01. The molecule has 1 heterocycles. The molecule has 1 aromatic heterocycles. The predicted molar refractivity (Wildman–Crippen MR) is 109 cm³/mol. The number of amides is 1. The van der Waals surface area contributed by atoms with Gasteiger partial charge in [-0.15, -0.1) is 0 Å². The third kappa shape index (κ3) is 6.24. The molecule has 2 aromatic rings. The van der Waals surface area contributed by atoms with Crippen molar-refractivity contribution < 1.29 is 19.2 Å². The minimum Gasteiger partial charge on any atom is -0.453 e. The first-order chi connectivity index (χ1) is 13.7. The van der Waals surface area contributed by atoms with Crippen molar-refractivity contribution in [2.75, 3.05) is 11.6 Å². The Labute approximate surface area is 172 Å². The van der Waals surface area contributed by atoms with Crippen molar-refractivity contribution in [3.8, 4) is 0 Å². The number of aryl methyl sites for hydroxylation is 2. The number of benzene rings is 1. The van der Waals surface area contributed by atoms with E-state index in [9.17, 15) is 19.7 Å². The Morgan fingerprint density at radius 2 is 1.79 bits per heavy atom. The molecular formula is C19H22N4O5S. The first kappa shape index (κ1) is 22.3. The quantitative estimate of drug-likeness (QED) is 0.228. The molecule has 1 aromatic carbocycles. The molecule has 0 aliphatic rings. The maximum atomic E-state index is 12.2. The van der Waals surface area contributed by atoms with Gasteiger partial charge in [0.2, 0.25) is 0 Å². The van der Waals surface area contributed by atoms with Crippen molar-refractivity contribution in [3.63, 3.8) is 0 Å². The van der Waals surface area contributed by atoms with Crippen LogP contribution in [0.5, 0.6) is 0 Å². The number of hydrogen-bond donors (Lipinski definition) is 1. The SMILES string of the molecule is CSc1nc(C)c(CCC(=O)OC(C)C(=O)Nc2ccc([N+](=O)[O-])cc2)c(C)n1. The maximum absolute atomic E-state index is 12.2. The van der Waals surface area contributed by atoms with E-state index in [1.54, 1.807) is 0 Å². The third-order valence-corrected chi connectivity index (χ3v) is 4.73. The van der Waals surface area contributed by atoms with Crippen molar-refractivity contribution in [1.29, 1.82) is 0 Å². The molecule has 0 aliphatic heterocycles. The van der Waals surface area contributed by atoms with E-state index in [-0.39, 0.29) is 12.1 Å². The lowest BCUT2D eigenvalue weighted by atomic mass is 10.1. The first-order valence-electron chi connectivity index (χ1n) is 8.84. The summed E-state index contributed by atoms with van der Waals surface area (Å²) in [5.41, 5.74) is 2.82. The summed E-state index contributed by atoms with van der Waals surface area (Å²) in [7, 11) is 0. The van der Waals surface area contributed by atoms with Crippen LogP contribution >= 0.6 is 11.8 Å². The molecule has 1 amide bonds. The van der Waals surface area contributed by atoms with Gasteiger partial charge in [-0.1, -0.05) is 11.8 Å². The number of ether oxygens (including phenoxy) is 1.